The highest BCUT2D eigenvalue weighted by atomic mass is 35.5. The van der Waals surface area contributed by atoms with Crippen molar-refractivity contribution in [3.8, 4) is 0 Å². The summed E-state index contributed by atoms with van der Waals surface area (Å²) >= 11 is 5.91. The molecule has 0 aliphatic rings. The van der Waals surface area contributed by atoms with Crippen molar-refractivity contribution in [2.75, 3.05) is 11.9 Å². The maximum Gasteiger partial charge on any atom is 0.338 e. The molecule has 23 heavy (non-hydrogen) atoms. The Morgan fingerprint density at radius 2 is 1.70 bits per heavy atom. The highest BCUT2D eigenvalue weighted by Crippen LogP contribution is 2.16. The Hall–Kier alpha value is -2.66. The number of nitrogens with one attached hydrogen (secondary N) is 1. The smallest absolute Gasteiger partial charge is 0.338 e. The molecule has 0 saturated heterocycles. The first-order valence-corrected chi connectivity index (χ1v) is 7.17. The van der Waals surface area contributed by atoms with E-state index in [0.29, 0.717) is 16.3 Å². The first kappa shape index (κ1) is 16.7. The van der Waals surface area contributed by atoms with E-state index in [1.807, 2.05) is 0 Å². The van der Waals surface area contributed by atoms with Gasteiger partial charge in [0.2, 0.25) is 11.7 Å². The van der Waals surface area contributed by atoms with E-state index in [9.17, 15) is 14.4 Å². The fourth-order valence-electron chi connectivity index (χ4n) is 1.87. The monoisotopic (exact) mass is 331 g/mol. The van der Waals surface area contributed by atoms with E-state index in [1.54, 1.807) is 36.4 Å². The van der Waals surface area contributed by atoms with Gasteiger partial charge in [0.05, 0.1) is 10.6 Å². The maximum absolute atomic E-state index is 12.0. The van der Waals surface area contributed by atoms with Crippen LogP contribution in [0.2, 0.25) is 5.02 Å². The Kier molecular flexibility index (Phi) is 5.49. The minimum atomic E-state index is -0.625. The Morgan fingerprint density at radius 3 is 2.30 bits per heavy atom. The van der Waals surface area contributed by atoms with E-state index >= 15 is 0 Å². The number of halogens is 1. The lowest BCUT2D eigenvalue weighted by atomic mass is 10.1. The van der Waals surface area contributed by atoms with Gasteiger partial charge in [0, 0.05) is 18.2 Å². The Balaban J connectivity index is 1.95. The zero-order valence-corrected chi connectivity index (χ0v) is 13.1. The van der Waals surface area contributed by atoms with E-state index in [2.05, 4.69) is 5.32 Å². The lowest BCUT2D eigenvalue weighted by Crippen LogP contribution is -2.14. The molecule has 118 valence electrons. The number of ether oxygens (including phenoxy) is 1. The van der Waals surface area contributed by atoms with E-state index in [4.69, 9.17) is 16.3 Å². The summed E-state index contributed by atoms with van der Waals surface area (Å²) < 4.78 is 4.99. The third kappa shape index (κ3) is 4.66. The summed E-state index contributed by atoms with van der Waals surface area (Å²) in [6.45, 7) is 0.999. The van der Waals surface area contributed by atoms with Gasteiger partial charge in [0.15, 0.2) is 6.61 Å². The topological polar surface area (TPSA) is 72.5 Å². The Bertz CT molecular complexity index is 741. The van der Waals surface area contributed by atoms with Crippen LogP contribution in [0.5, 0.6) is 0 Å². The van der Waals surface area contributed by atoms with Gasteiger partial charge < -0.3 is 10.1 Å². The molecule has 0 unspecified atom stereocenters. The van der Waals surface area contributed by atoms with Crippen LogP contribution in [0, 0.1) is 0 Å². The summed E-state index contributed by atoms with van der Waals surface area (Å²) in [5.74, 6) is -1.20. The van der Waals surface area contributed by atoms with Gasteiger partial charge in [-0.05, 0) is 36.4 Å². The summed E-state index contributed by atoms with van der Waals surface area (Å²) in [5, 5.41) is 2.90. The van der Waals surface area contributed by atoms with Crippen molar-refractivity contribution >= 4 is 34.9 Å². The second-order valence-electron chi connectivity index (χ2n) is 4.74. The average Bonchev–Trinajstić information content (AvgIpc) is 2.53. The number of benzene rings is 2. The van der Waals surface area contributed by atoms with Crippen LogP contribution in [0.25, 0.3) is 0 Å². The molecule has 0 aliphatic heterocycles. The summed E-state index contributed by atoms with van der Waals surface area (Å²) in [5.41, 5.74) is 1.16. The molecule has 0 heterocycles. The molecule has 0 atom stereocenters. The van der Waals surface area contributed by atoms with Gasteiger partial charge in [0.25, 0.3) is 0 Å². The summed E-state index contributed by atoms with van der Waals surface area (Å²) in [6.07, 6.45) is 0. The number of anilines is 1. The first-order valence-electron chi connectivity index (χ1n) is 6.80. The second-order valence-corrected chi connectivity index (χ2v) is 5.14. The van der Waals surface area contributed by atoms with Crippen molar-refractivity contribution in [1.29, 1.82) is 0 Å². The zero-order chi connectivity index (χ0) is 16.8. The fourth-order valence-corrected chi connectivity index (χ4v) is 2.11. The van der Waals surface area contributed by atoms with Crippen LogP contribution in [0.15, 0.2) is 48.5 Å². The molecule has 1 amide bonds. The number of hydrogen-bond donors (Lipinski definition) is 1. The third-order valence-electron chi connectivity index (χ3n) is 2.95. The SMILES string of the molecule is CC(=O)Nc1ccc(C(=O)OCC(=O)c2ccccc2Cl)cc1. The van der Waals surface area contributed by atoms with Gasteiger partial charge in [-0.2, -0.15) is 0 Å². The molecule has 0 spiro atoms. The second kappa shape index (κ2) is 7.56. The van der Waals surface area contributed by atoms with Crippen LogP contribution in [-0.2, 0) is 9.53 Å². The predicted octanol–water partition coefficient (Wildman–Crippen LogP) is 3.34. The van der Waals surface area contributed by atoms with E-state index < -0.39 is 12.6 Å². The minimum Gasteiger partial charge on any atom is -0.454 e. The van der Waals surface area contributed by atoms with Gasteiger partial charge in [-0.3, -0.25) is 9.59 Å². The number of esters is 1. The van der Waals surface area contributed by atoms with Crippen LogP contribution >= 0.6 is 11.6 Å². The van der Waals surface area contributed by atoms with Crippen molar-refractivity contribution in [3.63, 3.8) is 0 Å². The number of amides is 1. The normalized spacial score (nSPS) is 10.0. The lowest BCUT2D eigenvalue weighted by molar-refractivity contribution is -0.114. The van der Waals surface area contributed by atoms with Crippen LogP contribution in [0.4, 0.5) is 5.69 Å². The van der Waals surface area contributed by atoms with Crippen LogP contribution in [0.3, 0.4) is 0 Å². The molecule has 0 aromatic heterocycles. The molecule has 2 rings (SSSR count). The highest BCUT2D eigenvalue weighted by molar-refractivity contribution is 6.34. The molecule has 0 radical (unpaired) electrons. The van der Waals surface area contributed by atoms with Gasteiger partial charge in [-0.1, -0.05) is 23.7 Å². The summed E-state index contributed by atoms with van der Waals surface area (Å²) in [6, 6.07) is 12.7. The van der Waals surface area contributed by atoms with Crippen LogP contribution < -0.4 is 5.32 Å². The Labute approximate surface area is 138 Å². The molecule has 5 nitrogen and oxygen atoms in total. The van der Waals surface area contributed by atoms with Crippen molar-refractivity contribution in [2.24, 2.45) is 0 Å². The van der Waals surface area contributed by atoms with Crippen molar-refractivity contribution in [1.82, 2.24) is 0 Å². The van der Waals surface area contributed by atoms with Gasteiger partial charge >= 0.3 is 5.97 Å². The third-order valence-corrected chi connectivity index (χ3v) is 3.28. The lowest BCUT2D eigenvalue weighted by Gasteiger charge is -2.06. The van der Waals surface area contributed by atoms with Gasteiger partial charge in [-0.25, -0.2) is 4.79 Å². The van der Waals surface area contributed by atoms with Gasteiger partial charge in [0.1, 0.15) is 0 Å². The number of carbonyl (C=O) groups excluding carboxylic acids is 3. The summed E-state index contributed by atoms with van der Waals surface area (Å²) in [4.78, 5) is 34.8. The molecule has 0 saturated carbocycles. The molecular weight excluding hydrogens is 318 g/mol. The number of rotatable bonds is 5. The molecule has 0 bridgehead atoms. The summed E-state index contributed by atoms with van der Waals surface area (Å²) in [7, 11) is 0. The largest absolute Gasteiger partial charge is 0.454 e. The van der Waals surface area contributed by atoms with Gasteiger partial charge in [-0.15, -0.1) is 0 Å². The minimum absolute atomic E-state index is 0.203. The maximum atomic E-state index is 12.0. The highest BCUT2D eigenvalue weighted by Gasteiger charge is 2.14. The van der Waals surface area contributed by atoms with Crippen molar-refractivity contribution < 1.29 is 19.1 Å². The fraction of sp³-hybridized carbons (Fsp3) is 0.118. The molecular formula is C17H14ClNO4. The standard InChI is InChI=1S/C17H14ClNO4/c1-11(20)19-13-8-6-12(7-9-13)17(22)23-10-16(21)14-4-2-3-5-15(14)18/h2-9H,10H2,1H3,(H,19,20). The predicted molar refractivity (Wildman–Crippen MR) is 86.8 cm³/mol. The molecule has 0 fully saturated rings. The zero-order valence-electron chi connectivity index (χ0n) is 12.3. The van der Waals surface area contributed by atoms with Crippen molar-refractivity contribution in [3.05, 3.63) is 64.7 Å². The molecule has 6 heteroatoms. The van der Waals surface area contributed by atoms with E-state index in [0.717, 1.165) is 0 Å². The van der Waals surface area contributed by atoms with E-state index in [-0.39, 0.29) is 17.3 Å². The number of ketones is 1. The average molecular weight is 332 g/mol. The van der Waals surface area contributed by atoms with Crippen LogP contribution in [0.1, 0.15) is 27.6 Å². The molecule has 2 aromatic rings. The quantitative estimate of drug-likeness (QED) is 0.673. The molecule has 0 aliphatic carbocycles. The number of Topliss-reactive ketones (excluding diaryl/α,β-unsaturated/α-hetero) is 1. The van der Waals surface area contributed by atoms with E-state index in [1.165, 1.54) is 19.1 Å². The number of hydrogen-bond acceptors (Lipinski definition) is 4. The Morgan fingerprint density at radius 1 is 1.04 bits per heavy atom. The molecule has 1 N–H and O–H groups in total. The van der Waals surface area contributed by atoms with Crippen molar-refractivity contribution in [2.45, 2.75) is 6.92 Å². The first-order chi connectivity index (χ1) is 11.0. The van der Waals surface area contributed by atoms with Crippen LogP contribution in [-0.4, -0.2) is 24.3 Å². The molecule has 2 aromatic carbocycles. The number of carbonyl (C=O) groups is 3.